The molecule has 1 aliphatic rings. The summed E-state index contributed by atoms with van der Waals surface area (Å²) < 4.78 is 16.1. The van der Waals surface area contributed by atoms with Crippen molar-refractivity contribution in [1.29, 1.82) is 0 Å². The molecular formula is C22H23NO5. The standard InChI is InChI=1S/C22H23NO5/c1-16-7-10-21(28-22(25)23-11-13-27-14-12-23)18(15-16)19(24)9-8-17-5-3-4-6-20(17)26-2/h3-10,15H,11-14H2,1-2H3/b9-8+. The molecule has 1 amide bonds. The number of morpholine rings is 1. The molecule has 0 bridgehead atoms. The molecule has 28 heavy (non-hydrogen) atoms. The summed E-state index contributed by atoms with van der Waals surface area (Å²) in [6.07, 6.45) is 2.67. The fourth-order valence-corrected chi connectivity index (χ4v) is 2.89. The van der Waals surface area contributed by atoms with E-state index in [1.165, 1.54) is 6.08 Å². The third-order valence-corrected chi connectivity index (χ3v) is 4.42. The van der Waals surface area contributed by atoms with Gasteiger partial charge < -0.3 is 19.1 Å². The Hall–Kier alpha value is -3.12. The fourth-order valence-electron chi connectivity index (χ4n) is 2.89. The van der Waals surface area contributed by atoms with Crippen molar-refractivity contribution in [3.05, 3.63) is 65.2 Å². The average Bonchev–Trinajstić information content (AvgIpc) is 2.74. The van der Waals surface area contributed by atoms with Gasteiger partial charge in [0.2, 0.25) is 0 Å². The molecule has 1 heterocycles. The summed E-state index contributed by atoms with van der Waals surface area (Å²) in [6.45, 7) is 3.80. The van der Waals surface area contributed by atoms with Gasteiger partial charge in [0.05, 0.1) is 25.9 Å². The molecule has 0 N–H and O–H groups in total. The summed E-state index contributed by atoms with van der Waals surface area (Å²) >= 11 is 0. The van der Waals surface area contributed by atoms with E-state index in [1.54, 1.807) is 30.2 Å². The van der Waals surface area contributed by atoms with Crippen LogP contribution in [0.5, 0.6) is 11.5 Å². The second-order valence-electron chi connectivity index (χ2n) is 6.41. The monoisotopic (exact) mass is 381 g/mol. The lowest BCUT2D eigenvalue weighted by Gasteiger charge is -2.26. The van der Waals surface area contributed by atoms with Crippen LogP contribution in [0.15, 0.2) is 48.5 Å². The SMILES string of the molecule is COc1ccccc1/C=C/C(=O)c1cc(C)ccc1OC(=O)N1CCOCC1. The number of hydrogen-bond acceptors (Lipinski definition) is 5. The number of nitrogens with zero attached hydrogens (tertiary/aromatic N) is 1. The Balaban J connectivity index is 1.80. The molecule has 1 fully saturated rings. The summed E-state index contributed by atoms with van der Waals surface area (Å²) in [4.78, 5) is 26.8. The van der Waals surface area contributed by atoms with E-state index in [0.29, 0.717) is 37.6 Å². The first-order valence-electron chi connectivity index (χ1n) is 9.09. The number of para-hydroxylation sites is 1. The van der Waals surface area contributed by atoms with E-state index in [0.717, 1.165) is 11.1 Å². The quantitative estimate of drug-likeness (QED) is 0.583. The van der Waals surface area contributed by atoms with E-state index in [2.05, 4.69) is 0 Å². The number of hydrogen-bond donors (Lipinski definition) is 0. The van der Waals surface area contributed by atoms with Crippen molar-refractivity contribution in [1.82, 2.24) is 4.90 Å². The van der Waals surface area contributed by atoms with E-state index >= 15 is 0 Å². The molecule has 146 valence electrons. The second-order valence-corrected chi connectivity index (χ2v) is 6.41. The first-order valence-corrected chi connectivity index (χ1v) is 9.09. The van der Waals surface area contributed by atoms with Crippen LogP contribution < -0.4 is 9.47 Å². The summed E-state index contributed by atoms with van der Waals surface area (Å²) in [7, 11) is 1.58. The number of allylic oxidation sites excluding steroid dienone is 1. The van der Waals surface area contributed by atoms with Gasteiger partial charge in [-0.3, -0.25) is 4.79 Å². The minimum Gasteiger partial charge on any atom is -0.496 e. The molecule has 0 unspecified atom stereocenters. The van der Waals surface area contributed by atoms with Crippen molar-refractivity contribution < 1.29 is 23.8 Å². The number of ketones is 1. The predicted molar refractivity (Wildman–Crippen MR) is 106 cm³/mol. The lowest BCUT2D eigenvalue weighted by Crippen LogP contribution is -2.42. The van der Waals surface area contributed by atoms with Gasteiger partial charge in [-0.25, -0.2) is 4.79 Å². The van der Waals surface area contributed by atoms with E-state index in [4.69, 9.17) is 14.2 Å². The number of aryl methyl sites for hydroxylation is 1. The van der Waals surface area contributed by atoms with Crippen LogP contribution in [0.25, 0.3) is 6.08 Å². The van der Waals surface area contributed by atoms with Crippen molar-refractivity contribution in [2.24, 2.45) is 0 Å². The molecule has 1 aliphatic heterocycles. The number of carbonyl (C=O) groups is 2. The average molecular weight is 381 g/mol. The largest absolute Gasteiger partial charge is 0.496 e. The minimum absolute atomic E-state index is 0.247. The number of ether oxygens (including phenoxy) is 3. The Kier molecular flexibility index (Phi) is 6.45. The van der Waals surface area contributed by atoms with Crippen LogP contribution in [-0.2, 0) is 4.74 Å². The van der Waals surface area contributed by atoms with Crippen LogP contribution >= 0.6 is 0 Å². The Bertz CT molecular complexity index is 884. The highest BCUT2D eigenvalue weighted by molar-refractivity contribution is 6.09. The van der Waals surface area contributed by atoms with Crippen molar-refractivity contribution >= 4 is 18.0 Å². The summed E-state index contributed by atoms with van der Waals surface area (Å²) in [5.74, 6) is 0.672. The Morgan fingerprint density at radius 2 is 1.82 bits per heavy atom. The highest BCUT2D eigenvalue weighted by Gasteiger charge is 2.21. The lowest BCUT2D eigenvalue weighted by atomic mass is 10.0. The molecule has 2 aromatic carbocycles. The van der Waals surface area contributed by atoms with Gasteiger partial charge in [0, 0.05) is 18.7 Å². The zero-order chi connectivity index (χ0) is 19.9. The molecule has 3 rings (SSSR count). The van der Waals surface area contributed by atoms with Gasteiger partial charge in [-0.2, -0.15) is 0 Å². The molecule has 0 aromatic heterocycles. The first-order chi connectivity index (χ1) is 13.6. The number of carbonyl (C=O) groups excluding carboxylic acids is 2. The molecule has 0 aliphatic carbocycles. The first kappa shape index (κ1) is 19.6. The van der Waals surface area contributed by atoms with E-state index in [9.17, 15) is 9.59 Å². The maximum absolute atomic E-state index is 12.8. The molecule has 0 atom stereocenters. The van der Waals surface area contributed by atoms with Crippen LogP contribution in [0.3, 0.4) is 0 Å². The maximum atomic E-state index is 12.8. The van der Waals surface area contributed by atoms with Gasteiger partial charge in [-0.05, 0) is 37.3 Å². The predicted octanol–water partition coefficient (Wildman–Crippen LogP) is 3.73. The third kappa shape index (κ3) is 4.78. The Labute approximate surface area is 164 Å². The van der Waals surface area contributed by atoms with Crippen LogP contribution in [0.1, 0.15) is 21.5 Å². The van der Waals surface area contributed by atoms with Crippen LogP contribution in [-0.4, -0.2) is 50.2 Å². The Morgan fingerprint density at radius 1 is 1.07 bits per heavy atom. The van der Waals surface area contributed by atoms with Crippen molar-refractivity contribution in [2.75, 3.05) is 33.4 Å². The zero-order valence-corrected chi connectivity index (χ0v) is 16.0. The third-order valence-electron chi connectivity index (χ3n) is 4.42. The van der Waals surface area contributed by atoms with Gasteiger partial charge in [0.1, 0.15) is 11.5 Å². The van der Waals surface area contributed by atoms with E-state index < -0.39 is 6.09 Å². The number of benzene rings is 2. The number of rotatable bonds is 5. The molecular weight excluding hydrogens is 358 g/mol. The van der Waals surface area contributed by atoms with Gasteiger partial charge >= 0.3 is 6.09 Å². The molecule has 6 heteroatoms. The minimum atomic E-state index is -0.477. The van der Waals surface area contributed by atoms with Gasteiger partial charge in [0.25, 0.3) is 0 Å². The lowest BCUT2D eigenvalue weighted by molar-refractivity contribution is 0.0415. The molecule has 0 spiro atoms. The molecule has 0 saturated carbocycles. The van der Waals surface area contributed by atoms with E-state index in [-0.39, 0.29) is 11.5 Å². The van der Waals surface area contributed by atoms with Crippen LogP contribution in [0.2, 0.25) is 0 Å². The maximum Gasteiger partial charge on any atom is 0.415 e. The van der Waals surface area contributed by atoms with Gasteiger partial charge in [-0.1, -0.05) is 29.8 Å². The topological polar surface area (TPSA) is 65.1 Å². The van der Waals surface area contributed by atoms with Gasteiger partial charge in [-0.15, -0.1) is 0 Å². The highest BCUT2D eigenvalue weighted by Crippen LogP contribution is 2.24. The van der Waals surface area contributed by atoms with Gasteiger partial charge in [0.15, 0.2) is 5.78 Å². The molecule has 2 aromatic rings. The highest BCUT2D eigenvalue weighted by atomic mass is 16.6. The summed E-state index contributed by atoms with van der Waals surface area (Å²) in [6, 6.07) is 12.6. The van der Waals surface area contributed by atoms with Crippen molar-refractivity contribution in [3.8, 4) is 11.5 Å². The summed E-state index contributed by atoms with van der Waals surface area (Å²) in [5, 5.41) is 0. The number of amides is 1. The van der Waals surface area contributed by atoms with E-state index in [1.807, 2.05) is 37.3 Å². The second kappa shape index (κ2) is 9.19. The summed E-state index contributed by atoms with van der Waals surface area (Å²) in [5.41, 5.74) is 2.03. The molecule has 1 saturated heterocycles. The van der Waals surface area contributed by atoms with Crippen molar-refractivity contribution in [2.45, 2.75) is 6.92 Å². The zero-order valence-electron chi connectivity index (χ0n) is 16.0. The molecule has 0 radical (unpaired) electrons. The number of methoxy groups -OCH3 is 1. The Morgan fingerprint density at radius 3 is 2.57 bits per heavy atom. The molecule has 6 nitrogen and oxygen atoms in total. The van der Waals surface area contributed by atoms with Crippen LogP contribution in [0, 0.1) is 6.92 Å². The van der Waals surface area contributed by atoms with Crippen molar-refractivity contribution in [3.63, 3.8) is 0 Å². The smallest absolute Gasteiger partial charge is 0.415 e. The fraction of sp³-hybridized carbons (Fsp3) is 0.273. The normalized spacial score (nSPS) is 14.1. The van der Waals surface area contributed by atoms with Crippen LogP contribution in [0.4, 0.5) is 4.79 Å².